The Labute approximate surface area is 106 Å². The zero-order valence-electron chi connectivity index (χ0n) is 10.0. The van der Waals surface area contributed by atoms with Crippen molar-refractivity contribution in [3.8, 4) is 0 Å². The van der Waals surface area contributed by atoms with Crippen LogP contribution in [0.2, 0.25) is 0 Å². The van der Waals surface area contributed by atoms with E-state index < -0.39 is 0 Å². The van der Waals surface area contributed by atoms with Crippen molar-refractivity contribution >= 4 is 23.1 Å². The van der Waals surface area contributed by atoms with Crippen molar-refractivity contribution in [3.63, 3.8) is 0 Å². The summed E-state index contributed by atoms with van der Waals surface area (Å²) >= 11 is 4.00. The van der Waals surface area contributed by atoms with Crippen molar-refractivity contribution in [2.24, 2.45) is 0 Å². The fourth-order valence-electron chi connectivity index (χ4n) is 1.95. The number of rotatable bonds is 4. The van der Waals surface area contributed by atoms with Gasteiger partial charge in [-0.3, -0.25) is 0 Å². The van der Waals surface area contributed by atoms with Crippen molar-refractivity contribution in [1.82, 2.24) is 10.3 Å². The van der Waals surface area contributed by atoms with Crippen LogP contribution in [-0.2, 0) is 6.42 Å². The maximum absolute atomic E-state index is 4.60. The van der Waals surface area contributed by atoms with Gasteiger partial charge in [0.1, 0.15) is 0 Å². The van der Waals surface area contributed by atoms with Crippen molar-refractivity contribution in [1.29, 1.82) is 0 Å². The monoisotopic (exact) mass is 256 g/mol. The van der Waals surface area contributed by atoms with Crippen molar-refractivity contribution < 1.29 is 0 Å². The topological polar surface area (TPSA) is 24.9 Å². The van der Waals surface area contributed by atoms with E-state index in [1.54, 1.807) is 0 Å². The maximum Gasteiger partial charge on any atom is 0.0966 e. The number of thiazole rings is 1. The van der Waals surface area contributed by atoms with Crippen LogP contribution in [0.1, 0.15) is 35.6 Å². The second kappa shape index (κ2) is 6.03. The van der Waals surface area contributed by atoms with E-state index in [9.17, 15) is 0 Å². The van der Waals surface area contributed by atoms with Crippen molar-refractivity contribution in [2.75, 3.05) is 18.6 Å². The molecule has 0 aromatic carbocycles. The van der Waals surface area contributed by atoms with Gasteiger partial charge in [0.25, 0.3) is 0 Å². The molecule has 1 aromatic rings. The zero-order chi connectivity index (χ0) is 11.4. The molecule has 0 spiro atoms. The molecule has 2 heterocycles. The van der Waals surface area contributed by atoms with Crippen LogP contribution < -0.4 is 5.32 Å². The van der Waals surface area contributed by atoms with E-state index in [0.29, 0.717) is 6.04 Å². The Balaban J connectivity index is 1.95. The molecular formula is C12H20N2S2. The normalized spacial score (nSPS) is 23.2. The minimum Gasteiger partial charge on any atom is -0.317 e. The first-order valence-electron chi connectivity index (χ1n) is 5.99. The molecule has 1 fully saturated rings. The summed E-state index contributed by atoms with van der Waals surface area (Å²) in [6.45, 7) is 2.22. The number of thioether (sulfide) groups is 1. The lowest BCUT2D eigenvalue weighted by Gasteiger charge is -2.18. The standard InChI is InChI=1S/C12H20N2S2/c1-9(13-2)6-11-7-14-12(16-11)10-4-3-5-15-8-10/h7,9-10,13H,3-6,8H2,1-2H3. The third-order valence-electron chi connectivity index (χ3n) is 3.08. The van der Waals surface area contributed by atoms with Gasteiger partial charge in [-0.1, -0.05) is 0 Å². The van der Waals surface area contributed by atoms with Crippen LogP contribution in [0.5, 0.6) is 0 Å². The number of nitrogens with one attached hydrogen (secondary N) is 1. The van der Waals surface area contributed by atoms with Crippen molar-refractivity contribution in [2.45, 2.75) is 38.1 Å². The summed E-state index contributed by atoms with van der Waals surface area (Å²) in [5.41, 5.74) is 0. The maximum atomic E-state index is 4.60. The van der Waals surface area contributed by atoms with Gasteiger partial charge in [0.05, 0.1) is 5.01 Å². The van der Waals surface area contributed by atoms with Crippen LogP contribution in [-0.4, -0.2) is 29.6 Å². The fourth-order valence-corrected chi connectivity index (χ4v) is 4.38. The van der Waals surface area contributed by atoms with E-state index in [4.69, 9.17) is 0 Å². The van der Waals surface area contributed by atoms with Crippen molar-refractivity contribution in [3.05, 3.63) is 16.1 Å². The van der Waals surface area contributed by atoms with Gasteiger partial charge in [-0.05, 0) is 39.0 Å². The second-order valence-electron chi connectivity index (χ2n) is 4.47. The Morgan fingerprint density at radius 2 is 2.50 bits per heavy atom. The average molecular weight is 256 g/mol. The molecule has 4 heteroatoms. The van der Waals surface area contributed by atoms with E-state index in [-0.39, 0.29) is 0 Å². The summed E-state index contributed by atoms with van der Waals surface area (Å²) in [6.07, 6.45) is 5.87. The first-order valence-corrected chi connectivity index (χ1v) is 7.96. The van der Waals surface area contributed by atoms with Gasteiger partial charge >= 0.3 is 0 Å². The number of hydrogen-bond donors (Lipinski definition) is 1. The highest BCUT2D eigenvalue weighted by Gasteiger charge is 2.19. The molecule has 1 aromatic heterocycles. The fraction of sp³-hybridized carbons (Fsp3) is 0.750. The molecule has 90 valence electrons. The van der Waals surface area contributed by atoms with Gasteiger partial charge in [0.15, 0.2) is 0 Å². The first kappa shape index (κ1) is 12.4. The predicted octanol–water partition coefficient (Wildman–Crippen LogP) is 2.90. The van der Waals surface area contributed by atoms with E-state index in [2.05, 4.69) is 35.2 Å². The molecule has 2 atom stereocenters. The van der Waals surface area contributed by atoms with Crippen LogP contribution >= 0.6 is 23.1 Å². The number of likely N-dealkylation sites (N-methyl/N-ethyl adjacent to an activating group) is 1. The van der Waals surface area contributed by atoms with Gasteiger partial charge in [0, 0.05) is 28.8 Å². The van der Waals surface area contributed by atoms with Gasteiger partial charge in [-0.15, -0.1) is 11.3 Å². The number of aromatic nitrogens is 1. The van der Waals surface area contributed by atoms with Crippen LogP contribution in [0.4, 0.5) is 0 Å². The zero-order valence-corrected chi connectivity index (χ0v) is 11.7. The molecular weight excluding hydrogens is 236 g/mol. The largest absolute Gasteiger partial charge is 0.317 e. The summed E-state index contributed by atoms with van der Waals surface area (Å²) in [6, 6.07) is 0.550. The molecule has 0 amide bonds. The van der Waals surface area contributed by atoms with Gasteiger partial charge in [-0.25, -0.2) is 4.98 Å². The summed E-state index contributed by atoms with van der Waals surface area (Å²) in [4.78, 5) is 6.03. The lowest BCUT2D eigenvalue weighted by Crippen LogP contribution is -2.22. The molecule has 0 radical (unpaired) electrons. The highest BCUT2D eigenvalue weighted by atomic mass is 32.2. The lowest BCUT2D eigenvalue weighted by atomic mass is 10.1. The molecule has 2 nitrogen and oxygen atoms in total. The quantitative estimate of drug-likeness (QED) is 0.896. The Hall–Kier alpha value is -0.0600. The molecule has 16 heavy (non-hydrogen) atoms. The van der Waals surface area contributed by atoms with Gasteiger partial charge in [0.2, 0.25) is 0 Å². The van der Waals surface area contributed by atoms with Gasteiger partial charge < -0.3 is 5.32 Å². The Morgan fingerprint density at radius 1 is 1.62 bits per heavy atom. The molecule has 0 bridgehead atoms. The van der Waals surface area contributed by atoms with Crippen LogP contribution in [0, 0.1) is 0 Å². The van der Waals surface area contributed by atoms with E-state index in [0.717, 1.165) is 12.3 Å². The van der Waals surface area contributed by atoms with Crippen LogP contribution in [0.15, 0.2) is 6.20 Å². The summed E-state index contributed by atoms with van der Waals surface area (Å²) < 4.78 is 0. The summed E-state index contributed by atoms with van der Waals surface area (Å²) in [5.74, 6) is 3.34. The SMILES string of the molecule is CNC(C)Cc1cnc(C2CCCSC2)s1. The molecule has 0 aliphatic carbocycles. The molecule has 0 saturated carbocycles. The van der Waals surface area contributed by atoms with E-state index in [1.807, 2.05) is 18.4 Å². The molecule has 1 saturated heterocycles. The summed E-state index contributed by atoms with van der Waals surface area (Å²) in [7, 11) is 2.02. The number of nitrogens with zero attached hydrogens (tertiary/aromatic N) is 1. The molecule has 2 unspecified atom stereocenters. The van der Waals surface area contributed by atoms with E-state index >= 15 is 0 Å². The summed E-state index contributed by atoms with van der Waals surface area (Å²) in [5, 5.41) is 4.64. The minimum absolute atomic E-state index is 0.550. The minimum atomic E-state index is 0.550. The van der Waals surface area contributed by atoms with E-state index in [1.165, 1.54) is 34.2 Å². The third-order valence-corrected chi connectivity index (χ3v) is 5.48. The molecule has 2 rings (SSSR count). The lowest BCUT2D eigenvalue weighted by molar-refractivity contribution is 0.612. The molecule has 1 N–H and O–H groups in total. The Morgan fingerprint density at radius 3 is 3.19 bits per heavy atom. The average Bonchev–Trinajstić information content (AvgIpc) is 2.78. The highest BCUT2D eigenvalue weighted by Crippen LogP contribution is 2.33. The predicted molar refractivity (Wildman–Crippen MR) is 73.6 cm³/mol. The molecule has 1 aliphatic heterocycles. The third kappa shape index (κ3) is 3.22. The smallest absolute Gasteiger partial charge is 0.0966 e. The Kier molecular flexibility index (Phi) is 4.67. The first-order chi connectivity index (χ1) is 7.79. The highest BCUT2D eigenvalue weighted by molar-refractivity contribution is 7.99. The van der Waals surface area contributed by atoms with Crippen LogP contribution in [0.25, 0.3) is 0 Å². The Bertz CT molecular complexity index is 319. The van der Waals surface area contributed by atoms with Crippen LogP contribution in [0.3, 0.4) is 0 Å². The molecule has 1 aliphatic rings. The second-order valence-corrected chi connectivity index (χ2v) is 6.77. The van der Waals surface area contributed by atoms with Gasteiger partial charge in [-0.2, -0.15) is 11.8 Å². The number of hydrogen-bond acceptors (Lipinski definition) is 4.